The molecule has 0 fully saturated rings. The number of para-hydroxylation sites is 1. The lowest BCUT2D eigenvalue weighted by atomic mass is 9.98. The Hall–Kier alpha value is -1.61. The largest absolute Gasteiger partial charge is 0.494 e. The molecule has 1 aromatic heterocycles. The number of aryl methyl sites for hydroxylation is 1. The van der Waals surface area contributed by atoms with Crippen LogP contribution in [0.4, 0.5) is 0 Å². The van der Waals surface area contributed by atoms with Gasteiger partial charge in [0.25, 0.3) is 0 Å². The van der Waals surface area contributed by atoms with Crippen LogP contribution >= 0.6 is 0 Å². The molecule has 0 saturated heterocycles. The Kier molecular flexibility index (Phi) is 2.92. The standard InChI is InChI=1S/C15H18N2O/c1-10-11-6-8-16-9-7-13(11)17-15-12(10)4-3-5-14(15)18-2/h3-5,16H,6-9H2,1-2H3. The van der Waals surface area contributed by atoms with Crippen molar-refractivity contribution < 1.29 is 4.74 Å². The van der Waals surface area contributed by atoms with Crippen LogP contribution in [0.25, 0.3) is 10.9 Å². The zero-order valence-corrected chi connectivity index (χ0v) is 10.9. The van der Waals surface area contributed by atoms with E-state index >= 15 is 0 Å². The number of ether oxygens (including phenoxy) is 1. The molecule has 0 bridgehead atoms. The van der Waals surface area contributed by atoms with Crippen molar-refractivity contribution in [1.29, 1.82) is 0 Å². The second-order valence-corrected chi connectivity index (χ2v) is 4.77. The van der Waals surface area contributed by atoms with Crippen molar-refractivity contribution in [3.63, 3.8) is 0 Å². The van der Waals surface area contributed by atoms with Crippen LogP contribution in [0.2, 0.25) is 0 Å². The van der Waals surface area contributed by atoms with Crippen LogP contribution in [0.15, 0.2) is 18.2 Å². The highest BCUT2D eigenvalue weighted by Crippen LogP contribution is 2.30. The van der Waals surface area contributed by atoms with Gasteiger partial charge in [-0.05, 0) is 37.1 Å². The van der Waals surface area contributed by atoms with E-state index in [1.165, 1.54) is 22.2 Å². The third-order valence-electron chi connectivity index (χ3n) is 3.76. The van der Waals surface area contributed by atoms with E-state index < -0.39 is 0 Å². The molecule has 94 valence electrons. The van der Waals surface area contributed by atoms with Gasteiger partial charge in [-0.25, -0.2) is 4.98 Å². The molecule has 2 heterocycles. The molecule has 2 aromatic rings. The van der Waals surface area contributed by atoms with Gasteiger partial charge in [0, 0.05) is 24.0 Å². The van der Waals surface area contributed by atoms with Gasteiger partial charge in [0.05, 0.1) is 7.11 Å². The van der Waals surface area contributed by atoms with E-state index in [9.17, 15) is 0 Å². The molecule has 3 nitrogen and oxygen atoms in total. The van der Waals surface area contributed by atoms with Crippen molar-refractivity contribution in [2.45, 2.75) is 19.8 Å². The molecule has 0 atom stereocenters. The molecule has 0 unspecified atom stereocenters. The minimum absolute atomic E-state index is 0.871. The van der Waals surface area contributed by atoms with Crippen LogP contribution in [-0.4, -0.2) is 25.2 Å². The van der Waals surface area contributed by atoms with Gasteiger partial charge in [-0.2, -0.15) is 0 Å². The van der Waals surface area contributed by atoms with Gasteiger partial charge in [-0.1, -0.05) is 12.1 Å². The summed E-state index contributed by atoms with van der Waals surface area (Å²) in [6.45, 7) is 4.26. The van der Waals surface area contributed by atoms with E-state index in [1.807, 2.05) is 12.1 Å². The van der Waals surface area contributed by atoms with Crippen molar-refractivity contribution in [3.05, 3.63) is 35.0 Å². The summed E-state index contributed by atoms with van der Waals surface area (Å²) in [5.74, 6) is 0.871. The van der Waals surface area contributed by atoms with Gasteiger partial charge in [-0.3, -0.25) is 0 Å². The number of pyridine rings is 1. The summed E-state index contributed by atoms with van der Waals surface area (Å²) < 4.78 is 5.43. The van der Waals surface area contributed by atoms with Crippen molar-refractivity contribution in [1.82, 2.24) is 10.3 Å². The quantitative estimate of drug-likeness (QED) is 0.832. The fourth-order valence-corrected chi connectivity index (χ4v) is 2.77. The molecule has 0 spiro atoms. The number of hydrogen-bond acceptors (Lipinski definition) is 3. The zero-order valence-electron chi connectivity index (χ0n) is 10.9. The monoisotopic (exact) mass is 242 g/mol. The molecular weight excluding hydrogens is 224 g/mol. The molecule has 1 N–H and O–H groups in total. The number of aromatic nitrogens is 1. The number of hydrogen-bond donors (Lipinski definition) is 1. The number of rotatable bonds is 1. The summed E-state index contributed by atoms with van der Waals surface area (Å²) in [4.78, 5) is 4.84. The van der Waals surface area contributed by atoms with Gasteiger partial charge < -0.3 is 10.1 Å². The Balaban J connectivity index is 2.31. The molecule has 0 amide bonds. The van der Waals surface area contributed by atoms with Crippen molar-refractivity contribution in [2.75, 3.05) is 20.2 Å². The number of fused-ring (bicyclic) bond motifs is 2. The minimum atomic E-state index is 0.871. The Bertz CT molecular complexity index is 593. The van der Waals surface area contributed by atoms with E-state index in [0.29, 0.717) is 0 Å². The SMILES string of the molecule is COc1cccc2c(C)c3c(nc12)CCNCC3. The number of nitrogens with one attached hydrogen (secondary N) is 1. The molecule has 3 heteroatoms. The van der Waals surface area contributed by atoms with Crippen LogP contribution in [0.1, 0.15) is 16.8 Å². The zero-order chi connectivity index (χ0) is 12.5. The number of nitrogens with zero attached hydrogens (tertiary/aromatic N) is 1. The highest BCUT2D eigenvalue weighted by molar-refractivity contribution is 5.88. The summed E-state index contributed by atoms with van der Waals surface area (Å²) in [6, 6.07) is 6.16. The van der Waals surface area contributed by atoms with Gasteiger partial charge >= 0.3 is 0 Å². The van der Waals surface area contributed by atoms with Gasteiger partial charge in [0.1, 0.15) is 11.3 Å². The topological polar surface area (TPSA) is 34.1 Å². The Morgan fingerprint density at radius 3 is 2.89 bits per heavy atom. The Morgan fingerprint density at radius 1 is 1.22 bits per heavy atom. The molecular formula is C15H18N2O. The van der Waals surface area contributed by atoms with Crippen molar-refractivity contribution in [2.24, 2.45) is 0 Å². The Labute approximate surface area is 107 Å². The molecule has 1 aromatic carbocycles. The van der Waals surface area contributed by atoms with Crippen molar-refractivity contribution in [3.8, 4) is 5.75 Å². The first-order valence-electron chi connectivity index (χ1n) is 6.47. The molecule has 1 aliphatic heterocycles. The minimum Gasteiger partial charge on any atom is -0.494 e. The maximum Gasteiger partial charge on any atom is 0.145 e. The summed E-state index contributed by atoms with van der Waals surface area (Å²) in [6.07, 6.45) is 2.07. The smallest absolute Gasteiger partial charge is 0.145 e. The van der Waals surface area contributed by atoms with E-state index in [1.54, 1.807) is 7.11 Å². The molecule has 18 heavy (non-hydrogen) atoms. The van der Waals surface area contributed by atoms with Gasteiger partial charge in [-0.15, -0.1) is 0 Å². The second-order valence-electron chi connectivity index (χ2n) is 4.77. The van der Waals surface area contributed by atoms with Gasteiger partial charge in [0.15, 0.2) is 0 Å². The van der Waals surface area contributed by atoms with Crippen molar-refractivity contribution >= 4 is 10.9 Å². The van der Waals surface area contributed by atoms with E-state index in [0.717, 1.165) is 37.2 Å². The summed E-state index contributed by atoms with van der Waals surface area (Å²) in [5, 5.41) is 4.65. The maximum absolute atomic E-state index is 5.43. The third-order valence-corrected chi connectivity index (χ3v) is 3.76. The third kappa shape index (κ3) is 1.75. The predicted octanol–water partition coefficient (Wildman–Crippen LogP) is 2.24. The molecule has 3 rings (SSSR count). The van der Waals surface area contributed by atoms with E-state index in [4.69, 9.17) is 9.72 Å². The molecule has 1 aliphatic rings. The molecule has 0 aliphatic carbocycles. The fraction of sp³-hybridized carbons (Fsp3) is 0.400. The van der Waals surface area contributed by atoms with Crippen LogP contribution < -0.4 is 10.1 Å². The fourth-order valence-electron chi connectivity index (χ4n) is 2.77. The lowest BCUT2D eigenvalue weighted by Crippen LogP contribution is -2.16. The van der Waals surface area contributed by atoms with Crippen LogP contribution in [-0.2, 0) is 12.8 Å². The van der Waals surface area contributed by atoms with E-state index in [2.05, 4.69) is 18.3 Å². The predicted molar refractivity (Wildman–Crippen MR) is 73.3 cm³/mol. The Morgan fingerprint density at radius 2 is 2.06 bits per heavy atom. The summed E-state index contributed by atoms with van der Waals surface area (Å²) in [5.41, 5.74) is 5.01. The average Bonchev–Trinajstić information content (AvgIpc) is 2.64. The first-order chi connectivity index (χ1) is 8.81. The highest BCUT2D eigenvalue weighted by Gasteiger charge is 2.15. The van der Waals surface area contributed by atoms with Crippen LogP contribution in [0, 0.1) is 6.92 Å². The summed E-state index contributed by atoms with van der Waals surface area (Å²) in [7, 11) is 1.71. The average molecular weight is 242 g/mol. The normalized spacial score (nSPS) is 15.2. The highest BCUT2D eigenvalue weighted by atomic mass is 16.5. The van der Waals surface area contributed by atoms with Gasteiger partial charge in [0.2, 0.25) is 0 Å². The second kappa shape index (κ2) is 4.58. The number of methoxy groups -OCH3 is 1. The van der Waals surface area contributed by atoms with Crippen LogP contribution in [0.3, 0.4) is 0 Å². The molecule has 0 saturated carbocycles. The number of benzene rings is 1. The lowest BCUT2D eigenvalue weighted by Gasteiger charge is -2.13. The summed E-state index contributed by atoms with van der Waals surface area (Å²) >= 11 is 0. The molecule has 0 radical (unpaired) electrons. The first-order valence-corrected chi connectivity index (χ1v) is 6.47. The maximum atomic E-state index is 5.43. The van der Waals surface area contributed by atoms with Crippen LogP contribution in [0.5, 0.6) is 5.75 Å². The lowest BCUT2D eigenvalue weighted by molar-refractivity contribution is 0.418. The van der Waals surface area contributed by atoms with E-state index in [-0.39, 0.29) is 0 Å². The first kappa shape index (κ1) is 11.5.